The Labute approximate surface area is 131 Å². The summed E-state index contributed by atoms with van der Waals surface area (Å²) < 4.78 is 10.1. The highest BCUT2D eigenvalue weighted by atomic mass is 16.5. The number of nitrogens with zero attached hydrogens (tertiary/aromatic N) is 1. The van der Waals surface area contributed by atoms with E-state index >= 15 is 0 Å². The highest BCUT2D eigenvalue weighted by Gasteiger charge is 2.36. The van der Waals surface area contributed by atoms with Crippen LogP contribution in [0.25, 0.3) is 6.08 Å². The van der Waals surface area contributed by atoms with Gasteiger partial charge in [-0.1, -0.05) is 0 Å². The Hall–Kier alpha value is -3.35. The summed E-state index contributed by atoms with van der Waals surface area (Å²) in [7, 11) is 1.51. The molecule has 1 aliphatic heterocycles. The predicted molar refractivity (Wildman–Crippen MR) is 80.7 cm³/mol. The Kier molecular flexibility index (Phi) is 3.68. The van der Waals surface area contributed by atoms with Gasteiger partial charge in [-0.05, 0) is 42.5 Å². The van der Waals surface area contributed by atoms with Crippen molar-refractivity contribution in [2.45, 2.75) is 0 Å². The summed E-state index contributed by atoms with van der Waals surface area (Å²) in [6, 6.07) is 8.76. The van der Waals surface area contributed by atoms with Crippen LogP contribution in [0.1, 0.15) is 5.76 Å². The fourth-order valence-electron chi connectivity index (χ4n) is 2.14. The number of hydrogen-bond acceptors (Lipinski definition) is 5. The molecule has 0 radical (unpaired) electrons. The van der Waals surface area contributed by atoms with Crippen molar-refractivity contribution in [1.29, 1.82) is 0 Å². The number of imide groups is 2. The van der Waals surface area contributed by atoms with Crippen molar-refractivity contribution in [2.24, 2.45) is 0 Å². The number of benzene rings is 1. The summed E-state index contributed by atoms with van der Waals surface area (Å²) in [6.07, 6.45) is 2.71. The minimum Gasteiger partial charge on any atom is -0.497 e. The van der Waals surface area contributed by atoms with Crippen molar-refractivity contribution < 1.29 is 23.5 Å². The molecule has 0 saturated carbocycles. The van der Waals surface area contributed by atoms with E-state index in [9.17, 15) is 14.4 Å². The first-order valence-corrected chi connectivity index (χ1v) is 6.69. The smallest absolute Gasteiger partial charge is 0.335 e. The highest BCUT2D eigenvalue weighted by molar-refractivity contribution is 6.39. The average Bonchev–Trinajstić information content (AvgIpc) is 3.05. The molecular formula is C16H12N2O5. The molecule has 1 N–H and O–H groups in total. The highest BCUT2D eigenvalue weighted by Crippen LogP contribution is 2.24. The molecule has 2 aromatic rings. The van der Waals surface area contributed by atoms with Crippen LogP contribution in [0.15, 0.2) is 52.7 Å². The molecule has 1 aliphatic rings. The number of urea groups is 1. The minimum absolute atomic E-state index is 0.185. The summed E-state index contributed by atoms with van der Waals surface area (Å²) in [4.78, 5) is 37.3. The van der Waals surface area contributed by atoms with Crippen molar-refractivity contribution in [1.82, 2.24) is 5.32 Å². The first kappa shape index (κ1) is 14.6. The SMILES string of the molecule is COc1ccc(N2C(=O)NC(=O)/C(=C/c3ccco3)C2=O)cc1. The summed E-state index contributed by atoms with van der Waals surface area (Å²) in [5.41, 5.74) is 0.140. The number of hydrogen-bond donors (Lipinski definition) is 1. The fourth-order valence-corrected chi connectivity index (χ4v) is 2.14. The number of anilines is 1. The van der Waals surface area contributed by atoms with Crippen molar-refractivity contribution >= 4 is 29.6 Å². The number of furan rings is 1. The van der Waals surface area contributed by atoms with E-state index in [1.165, 1.54) is 19.4 Å². The van der Waals surface area contributed by atoms with Gasteiger partial charge in [-0.3, -0.25) is 14.9 Å². The molecule has 23 heavy (non-hydrogen) atoms. The number of amides is 4. The Morgan fingerprint density at radius 3 is 2.48 bits per heavy atom. The summed E-state index contributed by atoms with van der Waals surface area (Å²) in [5.74, 6) is -0.560. The zero-order valence-corrected chi connectivity index (χ0v) is 12.1. The van der Waals surface area contributed by atoms with Gasteiger partial charge in [0.05, 0.1) is 19.1 Å². The van der Waals surface area contributed by atoms with Gasteiger partial charge in [-0.15, -0.1) is 0 Å². The number of carbonyl (C=O) groups excluding carboxylic acids is 3. The van der Waals surface area contributed by atoms with Crippen LogP contribution in [0.5, 0.6) is 5.75 Å². The third-order valence-corrected chi connectivity index (χ3v) is 3.26. The molecule has 1 aromatic carbocycles. The van der Waals surface area contributed by atoms with Gasteiger partial charge in [0.25, 0.3) is 11.8 Å². The summed E-state index contributed by atoms with van der Waals surface area (Å²) >= 11 is 0. The molecule has 0 unspecified atom stereocenters. The first-order chi connectivity index (χ1) is 11.1. The van der Waals surface area contributed by atoms with Gasteiger partial charge < -0.3 is 9.15 Å². The molecule has 2 heterocycles. The largest absolute Gasteiger partial charge is 0.497 e. The molecule has 3 rings (SSSR count). The third kappa shape index (κ3) is 2.71. The van der Waals surface area contributed by atoms with Gasteiger partial charge in [-0.25, -0.2) is 9.69 Å². The van der Waals surface area contributed by atoms with Gasteiger partial charge in [0, 0.05) is 0 Å². The monoisotopic (exact) mass is 312 g/mol. The van der Waals surface area contributed by atoms with E-state index in [0.717, 1.165) is 4.90 Å². The van der Waals surface area contributed by atoms with Crippen LogP contribution < -0.4 is 15.0 Å². The topological polar surface area (TPSA) is 88.8 Å². The van der Waals surface area contributed by atoms with Crippen LogP contribution in [0.4, 0.5) is 10.5 Å². The lowest BCUT2D eigenvalue weighted by Gasteiger charge is -2.26. The third-order valence-electron chi connectivity index (χ3n) is 3.26. The van der Waals surface area contributed by atoms with E-state index in [1.54, 1.807) is 36.4 Å². The molecule has 1 aromatic heterocycles. The van der Waals surface area contributed by atoms with Crippen molar-refractivity contribution in [3.8, 4) is 5.75 Å². The summed E-state index contributed by atoms with van der Waals surface area (Å²) in [6.45, 7) is 0. The Bertz CT molecular complexity index is 790. The van der Waals surface area contributed by atoms with Crippen LogP contribution in [-0.2, 0) is 9.59 Å². The Morgan fingerprint density at radius 2 is 1.87 bits per heavy atom. The molecule has 0 atom stereocenters. The van der Waals surface area contributed by atoms with E-state index in [4.69, 9.17) is 9.15 Å². The maximum absolute atomic E-state index is 12.5. The number of ether oxygens (including phenoxy) is 1. The van der Waals surface area contributed by atoms with E-state index in [0.29, 0.717) is 17.2 Å². The molecule has 7 nitrogen and oxygen atoms in total. The van der Waals surface area contributed by atoms with E-state index in [2.05, 4.69) is 5.32 Å². The molecule has 4 amide bonds. The second-order valence-corrected chi connectivity index (χ2v) is 4.67. The molecule has 1 saturated heterocycles. The second kappa shape index (κ2) is 5.80. The zero-order valence-electron chi connectivity index (χ0n) is 12.1. The zero-order chi connectivity index (χ0) is 16.4. The van der Waals surface area contributed by atoms with E-state index in [1.807, 2.05) is 0 Å². The second-order valence-electron chi connectivity index (χ2n) is 4.67. The quantitative estimate of drug-likeness (QED) is 0.691. The minimum atomic E-state index is -0.804. The first-order valence-electron chi connectivity index (χ1n) is 6.69. The van der Waals surface area contributed by atoms with Crippen LogP contribution >= 0.6 is 0 Å². The number of nitrogens with one attached hydrogen (secondary N) is 1. The van der Waals surface area contributed by atoms with Crippen LogP contribution in [-0.4, -0.2) is 25.0 Å². The van der Waals surface area contributed by atoms with Gasteiger partial charge in [0.1, 0.15) is 17.1 Å². The lowest BCUT2D eigenvalue weighted by molar-refractivity contribution is -0.122. The van der Waals surface area contributed by atoms with Gasteiger partial charge in [0.2, 0.25) is 0 Å². The van der Waals surface area contributed by atoms with Crippen LogP contribution in [0, 0.1) is 0 Å². The number of barbiturate groups is 1. The molecule has 1 fully saturated rings. The lowest BCUT2D eigenvalue weighted by atomic mass is 10.1. The molecule has 116 valence electrons. The predicted octanol–water partition coefficient (Wildman–Crippen LogP) is 1.95. The van der Waals surface area contributed by atoms with Gasteiger partial charge in [0.15, 0.2) is 0 Å². The molecular weight excluding hydrogens is 300 g/mol. The van der Waals surface area contributed by atoms with Crippen molar-refractivity contribution in [3.63, 3.8) is 0 Å². The summed E-state index contributed by atoms with van der Waals surface area (Å²) in [5, 5.41) is 2.14. The Morgan fingerprint density at radius 1 is 1.13 bits per heavy atom. The van der Waals surface area contributed by atoms with Crippen LogP contribution in [0.3, 0.4) is 0 Å². The molecule has 7 heteroatoms. The van der Waals surface area contributed by atoms with E-state index in [-0.39, 0.29) is 5.57 Å². The number of rotatable bonds is 3. The van der Waals surface area contributed by atoms with Crippen LogP contribution in [0.2, 0.25) is 0 Å². The normalized spacial score (nSPS) is 16.7. The van der Waals surface area contributed by atoms with Gasteiger partial charge >= 0.3 is 6.03 Å². The van der Waals surface area contributed by atoms with E-state index < -0.39 is 17.8 Å². The fraction of sp³-hybridized carbons (Fsp3) is 0.0625. The van der Waals surface area contributed by atoms with Crippen molar-refractivity contribution in [3.05, 3.63) is 54.0 Å². The average molecular weight is 312 g/mol. The molecule has 0 bridgehead atoms. The molecule has 0 aliphatic carbocycles. The number of carbonyl (C=O) groups is 3. The van der Waals surface area contributed by atoms with Crippen molar-refractivity contribution in [2.75, 3.05) is 12.0 Å². The van der Waals surface area contributed by atoms with Gasteiger partial charge in [-0.2, -0.15) is 0 Å². The lowest BCUT2D eigenvalue weighted by Crippen LogP contribution is -2.54. The standard InChI is InChI=1S/C16H12N2O5/c1-22-11-6-4-10(5-7-11)18-15(20)13(14(19)17-16(18)21)9-12-3-2-8-23-12/h2-9H,1H3,(H,17,19,21)/b13-9-. The number of methoxy groups -OCH3 is 1. The maximum Gasteiger partial charge on any atom is 0.335 e. The maximum atomic E-state index is 12.5. The molecule has 0 spiro atoms. The Balaban J connectivity index is 1.98.